The molecular formula is C11H12FNO4. The van der Waals surface area contributed by atoms with E-state index in [1.54, 1.807) is 0 Å². The molecule has 0 bridgehead atoms. The molecule has 0 heterocycles. The molecule has 0 aliphatic heterocycles. The highest BCUT2D eigenvalue weighted by Gasteiger charge is 2.08. The molecule has 1 rings (SSSR count). The van der Waals surface area contributed by atoms with Crippen LogP contribution in [0.15, 0.2) is 18.2 Å². The van der Waals surface area contributed by atoms with E-state index in [9.17, 15) is 14.0 Å². The highest BCUT2D eigenvalue weighted by Crippen LogP contribution is 2.20. The van der Waals surface area contributed by atoms with Crippen molar-refractivity contribution in [1.29, 1.82) is 0 Å². The van der Waals surface area contributed by atoms with Crippen LogP contribution in [0.1, 0.15) is 12.8 Å². The van der Waals surface area contributed by atoms with Gasteiger partial charge in [0.15, 0.2) is 11.6 Å². The summed E-state index contributed by atoms with van der Waals surface area (Å²) in [5.74, 6) is -2.05. The maximum absolute atomic E-state index is 13.2. The lowest BCUT2D eigenvalue weighted by atomic mass is 10.2. The minimum absolute atomic E-state index is 0.0773. The number of nitrogens with one attached hydrogen (secondary N) is 1. The molecule has 0 aliphatic carbocycles. The van der Waals surface area contributed by atoms with Gasteiger partial charge in [0.25, 0.3) is 0 Å². The Hall–Kier alpha value is -2.11. The van der Waals surface area contributed by atoms with Gasteiger partial charge in [0, 0.05) is 18.2 Å². The van der Waals surface area contributed by atoms with Gasteiger partial charge in [-0.05, 0) is 12.1 Å². The molecule has 1 aromatic carbocycles. The summed E-state index contributed by atoms with van der Waals surface area (Å²) < 4.78 is 18.0. The first-order valence-electron chi connectivity index (χ1n) is 4.88. The van der Waals surface area contributed by atoms with E-state index in [-0.39, 0.29) is 24.3 Å². The smallest absolute Gasteiger partial charge is 0.303 e. The van der Waals surface area contributed by atoms with Crippen molar-refractivity contribution in [2.24, 2.45) is 0 Å². The largest absolute Gasteiger partial charge is 0.494 e. The zero-order chi connectivity index (χ0) is 12.8. The van der Waals surface area contributed by atoms with E-state index in [2.05, 4.69) is 5.32 Å². The number of carboxylic acids is 1. The summed E-state index contributed by atoms with van der Waals surface area (Å²) in [5.41, 5.74) is 0.263. The Morgan fingerprint density at radius 3 is 2.65 bits per heavy atom. The molecule has 0 saturated heterocycles. The summed E-state index contributed by atoms with van der Waals surface area (Å²) in [4.78, 5) is 21.5. The number of ether oxygens (including phenoxy) is 1. The number of anilines is 1. The first kappa shape index (κ1) is 13.0. The number of carbonyl (C=O) groups is 2. The number of methoxy groups -OCH3 is 1. The Morgan fingerprint density at radius 1 is 1.41 bits per heavy atom. The van der Waals surface area contributed by atoms with E-state index in [0.717, 1.165) is 6.07 Å². The topological polar surface area (TPSA) is 75.6 Å². The zero-order valence-corrected chi connectivity index (χ0v) is 9.20. The van der Waals surface area contributed by atoms with E-state index < -0.39 is 17.7 Å². The van der Waals surface area contributed by atoms with E-state index >= 15 is 0 Å². The number of aliphatic carboxylic acids is 1. The second-order valence-corrected chi connectivity index (χ2v) is 3.29. The van der Waals surface area contributed by atoms with Crippen LogP contribution in [0.2, 0.25) is 0 Å². The van der Waals surface area contributed by atoms with Gasteiger partial charge in [0.1, 0.15) is 0 Å². The van der Waals surface area contributed by atoms with Crippen molar-refractivity contribution in [2.45, 2.75) is 12.8 Å². The SMILES string of the molecule is COc1ccc(NC(=O)CCC(=O)O)cc1F. The maximum Gasteiger partial charge on any atom is 0.303 e. The van der Waals surface area contributed by atoms with Gasteiger partial charge in [-0.3, -0.25) is 9.59 Å². The Morgan fingerprint density at radius 2 is 2.12 bits per heavy atom. The molecule has 0 saturated carbocycles. The van der Waals surface area contributed by atoms with Gasteiger partial charge >= 0.3 is 5.97 Å². The fraction of sp³-hybridized carbons (Fsp3) is 0.273. The first-order chi connectivity index (χ1) is 8.02. The van der Waals surface area contributed by atoms with Crippen LogP contribution < -0.4 is 10.1 Å². The minimum atomic E-state index is -1.05. The lowest BCUT2D eigenvalue weighted by molar-refractivity contribution is -0.138. The van der Waals surface area contributed by atoms with Gasteiger partial charge in [-0.15, -0.1) is 0 Å². The molecule has 0 fully saturated rings. The predicted molar refractivity (Wildman–Crippen MR) is 58.5 cm³/mol. The molecule has 0 unspecified atom stereocenters. The van der Waals surface area contributed by atoms with Crippen LogP contribution in [-0.4, -0.2) is 24.1 Å². The Labute approximate surface area is 97.2 Å². The number of amides is 1. The van der Waals surface area contributed by atoms with E-state index in [0.29, 0.717) is 0 Å². The molecule has 6 heteroatoms. The fourth-order valence-electron chi connectivity index (χ4n) is 1.19. The van der Waals surface area contributed by atoms with Crippen LogP contribution in [0.3, 0.4) is 0 Å². The number of carbonyl (C=O) groups excluding carboxylic acids is 1. The number of hydrogen-bond acceptors (Lipinski definition) is 3. The molecule has 0 radical (unpaired) electrons. The van der Waals surface area contributed by atoms with Crippen LogP contribution in [0.4, 0.5) is 10.1 Å². The number of benzene rings is 1. The van der Waals surface area contributed by atoms with Crippen molar-refractivity contribution in [3.63, 3.8) is 0 Å². The quantitative estimate of drug-likeness (QED) is 0.821. The molecule has 1 aromatic rings. The number of carboxylic acid groups (broad SMARTS) is 1. The van der Waals surface area contributed by atoms with Crippen LogP contribution >= 0.6 is 0 Å². The highest BCUT2D eigenvalue weighted by molar-refractivity contribution is 5.92. The van der Waals surface area contributed by atoms with E-state index in [1.807, 2.05) is 0 Å². The van der Waals surface area contributed by atoms with E-state index in [1.165, 1.54) is 19.2 Å². The number of hydrogen-bond donors (Lipinski definition) is 2. The van der Waals surface area contributed by atoms with Gasteiger partial charge in [-0.25, -0.2) is 4.39 Å². The third kappa shape index (κ3) is 4.10. The summed E-state index contributed by atoms with van der Waals surface area (Å²) >= 11 is 0. The number of rotatable bonds is 5. The van der Waals surface area contributed by atoms with Crippen molar-refractivity contribution in [1.82, 2.24) is 0 Å². The summed E-state index contributed by atoms with van der Waals surface area (Å²) in [6.45, 7) is 0. The highest BCUT2D eigenvalue weighted by atomic mass is 19.1. The first-order valence-corrected chi connectivity index (χ1v) is 4.88. The summed E-state index contributed by atoms with van der Waals surface area (Å²) in [5, 5.41) is 10.8. The lowest BCUT2D eigenvalue weighted by Gasteiger charge is -2.06. The molecule has 0 aromatic heterocycles. The second kappa shape index (κ2) is 5.83. The van der Waals surface area contributed by atoms with Crippen molar-refractivity contribution in [3.05, 3.63) is 24.0 Å². The van der Waals surface area contributed by atoms with Gasteiger partial charge in [0.2, 0.25) is 5.91 Å². The van der Waals surface area contributed by atoms with Crippen LogP contribution in [0.5, 0.6) is 5.75 Å². The molecule has 92 valence electrons. The third-order valence-corrected chi connectivity index (χ3v) is 2.00. The minimum Gasteiger partial charge on any atom is -0.494 e. The van der Waals surface area contributed by atoms with Crippen molar-refractivity contribution < 1.29 is 23.8 Å². The molecule has 0 spiro atoms. The molecule has 0 aliphatic rings. The standard InChI is InChI=1S/C11H12FNO4/c1-17-9-3-2-7(6-8(9)12)13-10(14)4-5-11(15)16/h2-3,6H,4-5H2,1H3,(H,13,14)(H,15,16). The van der Waals surface area contributed by atoms with Gasteiger partial charge in [-0.1, -0.05) is 0 Å². The summed E-state index contributed by atoms with van der Waals surface area (Å²) in [6.07, 6.45) is -0.409. The van der Waals surface area contributed by atoms with E-state index in [4.69, 9.17) is 9.84 Å². The second-order valence-electron chi connectivity index (χ2n) is 3.29. The normalized spacial score (nSPS) is 9.76. The summed E-state index contributed by atoms with van der Waals surface area (Å²) in [6, 6.07) is 3.96. The monoisotopic (exact) mass is 241 g/mol. The molecule has 17 heavy (non-hydrogen) atoms. The third-order valence-electron chi connectivity index (χ3n) is 2.00. The Kier molecular flexibility index (Phi) is 4.45. The van der Waals surface area contributed by atoms with Gasteiger partial charge in [-0.2, -0.15) is 0 Å². The Bertz CT molecular complexity index is 433. The van der Waals surface area contributed by atoms with Crippen molar-refractivity contribution >= 4 is 17.6 Å². The average molecular weight is 241 g/mol. The lowest BCUT2D eigenvalue weighted by Crippen LogP contribution is -2.13. The molecule has 2 N–H and O–H groups in total. The average Bonchev–Trinajstić information content (AvgIpc) is 2.26. The summed E-state index contributed by atoms with van der Waals surface area (Å²) in [7, 11) is 1.34. The fourth-order valence-corrected chi connectivity index (χ4v) is 1.19. The maximum atomic E-state index is 13.2. The van der Waals surface area contributed by atoms with Crippen LogP contribution in [-0.2, 0) is 9.59 Å². The van der Waals surface area contributed by atoms with Gasteiger partial charge in [0.05, 0.1) is 13.5 Å². The van der Waals surface area contributed by atoms with Crippen molar-refractivity contribution in [3.8, 4) is 5.75 Å². The van der Waals surface area contributed by atoms with Crippen LogP contribution in [0.25, 0.3) is 0 Å². The predicted octanol–water partition coefficient (Wildman–Crippen LogP) is 1.64. The van der Waals surface area contributed by atoms with Gasteiger partial charge < -0.3 is 15.2 Å². The molecular weight excluding hydrogens is 229 g/mol. The molecule has 1 amide bonds. The number of halogens is 1. The zero-order valence-electron chi connectivity index (χ0n) is 9.20. The molecule has 0 atom stereocenters. The molecule has 5 nitrogen and oxygen atoms in total. The van der Waals surface area contributed by atoms with Crippen LogP contribution in [0, 0.1) is 5.82 Å². The Balaban J connectivity index is 2.60. The van der Waals surface area contributed by atoms with Crippen molar-refractivity contribution in [2.75, 3.05) is 12.4 Å².